The van der Waals surface area contributed by atoms with E-state index in [2.05, 4.69) is 16.0 Å². The van der Waals surface area contributed by atoms with Crippen LogP contribution in [0.1, 0.15) is 33.6 Å². The lowest BCUT2D eigenvalue weighted by Crippen LogP contribution is -2.60. The molecule has 3 amide bonds. The monoisotopic (exact) mass is 464 g/mol. The molecule has 0 saturated heterocycles. The van der Waals surface area contributed by atoms with Crippen molar-refractivity contribution in [2.24, 2.45) is 11.7 Å². The van der Waals surface area contributed by atoms with Gasteiger partial charge in [0.15, 0.2) is 0 Å². The average Bonchev–Trinajstić information content (AvgIpc) is 2.65. The third-order valence-electron chi connectivity index (χ3n) is 4.27. The maximum Gasteiger partial charge on any atom is 0.326 e. The fourth-order valence-corrected chi connectivity index (χ4v) is 2.95. The summed E-state index contributed by atoms with van der Waals surface area (Å²) >= 11 is 1.40. The number of carboxylic acid groups (broad SMARTS) is 2. The largest absolute Gasteiger partial charge is 0.481 e. The molecular weight excluding hydrogens is 432 g/mol. The molecule has 0 aromatic heterocycles. The normalized spacial score (nSPS) is 15.8. The second-order valence-corrected chi connectivity index (χ2v) is 8.33. The smallest absolute Gasteiger partial charge is 0.326 e. The van der Waals surface area contributed by atoms with Gasteiger partial charge >= 0.3 is 11.9 Å². The van der Waals surface area contributed by atoms with Crippen LogP contribution < -0.4 is 21.7 Å². The summed E-state index contributed by atoms with van der Waals surface area (Å²) in [5.74, 6) is -5.10. The highest BCUT2D eigenvalue weighted by atomic mass is 32.2. The van der Waals surface area contributed by atoms with Gasteiger partial charge in [-0.05, 0) is 31.3 Å². The summed E-state index contributed by atoms with van der Waals surface area (Å²) in [7, 11) is 0. The molecule has 0 saturated carbocycles. The van der Waals surface area contributed by atoms with E-state index in [1.165, 1.54) is 18.7 Å². The molecule has 0 aromatic carbocycles. The topological polar surface area (TPSA) is 208 Å². The summed E-state index contributed by atoms with van der Waals surface area (Å²) in [5, 5.41) is 34.9. The molecule has 0 radical (unpaired) electrons. The fourth-order valence-electron chi connectivity index (χ4n) is 2.48. The van der Waals surface area contributed by atoms with Gasteiger partial charge in [0.05, 0.1) is 18.6 Å². The van der Waals surface area contributed by atoms with Gasteiger partial charge in [-0.25, -0.2) is 4.79 Å². The Morgan fingerprint density at radius 2 is 1.42 bits per heavy atom. The van der Waals surface area contributed by atoms with Gasteiger partial charge in [0, 0.05) is 0 Å². The number of rotatable bonds is 14. The first kappa shape index (κ1) is 28.6. The van der Waals surface area contributed by atoms with Crippen LogP contribution in [0.3, 0.4) is 0 Å². The number of carbonyl (C=O) groups excluding carboxylic acids is 3. The van der Waals surface area contributed by atoms with Crippen LogP contribution in [0, 0.1) is 5.92 Å². The SMILES string of the molecule is CSCCC(NC(=O)C(NC(=O)C(NC(=O)C(N)CC(=O)O)C(C)C)C(C)O)C(=O)O. The van der Waals surface area contributed by atoms with Crippen molar-refractivity contribution >= 4 is 41.4 Å². The van der Waals surface area contributed by atoms with E-state index in [4.69, 9.17) is 10.8 Å². The summed E-state index contributed by atoms with van der Waals surface area (Å²) in [6.45, 7) is 4.45. The summed E-state index contributed by atoms with van der Waals surface area (Å²) < 4.78 is 0. The van der Waals surface area contributed by atoms with Crippen molar-refractivity contribution in [1.29, 1.82) is 0 Å². The molecule has 5 atom stereocenters. The second kappa shape index (κ2) is 13.8. The lowest BCUT2D eigenvalue weighted by Gasteiger charge is -2.28. The van der Waals surface area contributed by atoms with Crippen molar-refractivity contribution in [3.63, 3.8) is 0 Å². The van der Waals surface area contributed by atoms with Crippen LogP contribution in [-0.2, 0) is 24.0 Å². The van der Waals surface area contributed by atoms with E-state index >= 15 is 0 Å². The molecule has 0 fully saturated rings. The highest BCUT2D eigenvalue weighted by molar-refractivity contribution is 7.98. The van der Waals surface area contributed by atoms with Crippen molar-refractivity contribution in [3.8, 4) is 0 Å². The third-order valence-corrected chi connectivity index (χ3v) is 4.91. The molecule has 31 heavy (non-hydrogen) atoms. The van der Waals surface area contributed by atoms with Crippen LogP contribution in [-0.4, -0.2) is 87.3 Å². The molecule has 12 nitrogen and oxygen atoms in total. The van der Waals surface area contributed by atoms with Crippen molar-refractivity contribution in [2.75, 3.05) is 12.0 Å². The Hall–Kier alpha value is -2.38. The number of nitrogens with two attached hydrogens (primary N) is 1. The first-order chi connectivity index (χ1) is 14.3. The third kappa shape index (κ3) is 10.5. The van der Waals surface area contributed by atoms with Crippen LogP contribution in [0.2, 0.25) is 0 Å². The van der Waals surface area contributed by atoms with Crippen molar-refractivity contribution < 1.29 is 39.3 Å². The van der Waals surface area contributed by atoms with Gasteiger partial charge in [0.2, 0.25) is 17.7 Å². The zero-order valence-electron chi connectivity index (χ0n) is 18.0. The molecule has 8 N–H and O–H groups in total. The summed E-state index contributed by atoms with van der Waals surface area (Å²) in [4.78, 5) is 59.3. The number of amides is 3. The van der Waals surface area contributed by atoms with Crippen LogP contribution in [0.5, 0.6) is 0 Å². The van der Waals surface area contributed by atoms with Crippen LogP contribution in [0.15, 0.2) is 0 Å². The number of hydrogen-bond donors (Lipinski definition) is 7. The molecule has 0 bridgehead atoms. The maximum absolute atomic E-state index is 12.7. The Kier molecular flexibility index (Phi) is 12.8. The molecule has 0 aliphatic carbocycles. The molecule has 0 heterocycles. The number of aliphatic hydroxyl groups excluding tert-OH is 1. The van der Waals surface area contributed by atoms with E-state index in [-0.39, 0.29) is 6.42 Å². The first-order valence-corrected chi connectivity index (χ1v) is 11.0. The molecule has 0 aliphatic heterocycles. The van der Waals surface area contributed by atoms with Gasteiger partial charge in [0.1, 0.15) is 18.1 Å². The van der Waals surface area contributed by atoms with Gasteiger partial charge in [-0.3, -0.25) is 19.2 Å². The molecule has 13 heteroatoms. The second-order valence-electron chi connectivity index (χ2n) is 7.34. The Morgan fingerprint density at radius 1 is 0.903 bits per heavy atom. The minimum atomic E-state index is -1.48. The number of carboxylic acids is 2. The predicted molar refractivity (Wildman–Crippen MR) is 113 cm³/mol. The molecule has 5 unspecified atom stereocenters. The maximum atomic E-state index is 12.7. The van der Waals surface area contributed by atoms with Crippen molar-refractivity contribution in [1.82, 2.24) is 16.0 Å². The summed E-state index contributed by atoms with van der Waals surface area (Å²) in [5.41, 5.74) is 5.50. The highest BCUT2D eigenvalue weighted by Gasteiger charge is 2.33. The average molecular weight is 465 g/mol. The molecular formula is C18H32N4O8S. The molecule has 0 aromatic rings. The van der Waals surface area contributed by atoms with Gasteiger partial charge in [0.25, 0.3) is 0 Å². The number of carbonyl (C=O) groups is 5. The van der Waals surface area contributed by atoms with E-state index in [1.807, 2.05) is 0 Å². The quantitative estimate of drug-likeness (QED) is 0.152. The number of aliphatic hydroxyl groups is 1. The molecule has 0 spiro atoms. The minimum absolute atomic E-state index is 0.148. The van der Waals surface area contributed by atoms with Crippen molar-refractivity contribution in [3.05, 3.63) is 0 Å². The van der Waals surface area contributed by atoms with Gasteiger partial charge in [-0.2, -0.15) is 11.8 Å². The highest BCUT2D eigenvalue weighted by Crippen LogP contribution is 2.06. The Balaban J connectivity index is 5.31. The van der Waals surface area contributed by atoms with E-state index in [0.29, 0.717) is 5.75 Å². The zero-order chi connectivity index (χ0) is 24.3. The van der Waals surface area contributed by atoms with E-state index in [9.17, 15) is 34.2 Å². The lowest BCUT2D eigenvalue weighted by atomic mass is 10.0. The van der Waals surface area contributed by atoms with Crippen LogP contribution in [0.4, 0.5) is 0 Å². The molecule has 0 rings (SSSR count). The Morgan fingerprint density at radius 3 is 1.84 bits per heavy atom. The zero-order valence-corrected chi connectivity index (χ0v) is 18.8. The van der Waals surface area contributed by atoms with Crippen molar-refractivity contribution in [2.45, 2.75) is 63.9 Å². The Bertz CT molecular complexity index is 658. The molecule has 0 aliphatic rings. The first-order valence-electron chi connectivity index (χ1n) is 9.60. The number of aliphatic carboxylic acids is 2. The van der Waals surface area contributed by atoms with E-state index in [1.54, 1.807) is 20.1 Å². The Labute approximate surface area is 184 Å². The van der Waals surface area contributed by atoms with E-state index < -0.39 is 72.3 Å². The number of nitrogens with one attached hydrogen (secondary N) is 3. The van der Waals surface area contributed by atoms with Gasteiger partial charge in [-0.1, -0.05) is 13.8 Å². The number of thioether (sulfide) groups is 1. The lowest BCUT2D eigenvalue weighted by molar-refractivity contribution is -0.143. The van der Waals surface area contributed by atoms with Crippen LogP contribution >= 0.6 is 11.8 Å². The van der Waals surface area contributed by atoms with E-state index in [0.717, 1.165) is 0 Å². The van der Waals surface area contributed by atoms with Gasteiger partial charge in [-0.15, -0.1) is 0 Å². The van der Waals surface area contributed by atoms with Gasteiger partial charge < -0.3 is 37.0 Å². The summed E-state index contributed by atoms with van der Waals surface area (Å²) in [6, 6.07) is -5.23. The molecule has 178 valence electrons. The fraction of sp³-hybridized carbons (Fsp3) is 0.722. The standard InChI is InChI=1S/C18H32N4O8S/c1-8(2)13(21-15(26)10(19)7-12(24)25)16(27)22-14(9(3)23)17(28)20-11(18(29)30)5-6-31-4/h8-11,13-14,23H,5-7,19H2,1-4H3,(H,20,28)(H,21,26)(H,22,27)(H,24,25)(H,29,30). The summed E-state index contributed by atoms with van der Waals surface area (Å²) in [6.07, 6.45) is -0.0718. The minimum Gasteiger partial charge on any atom is -0.481 e. The number of hydrogen-bond acceptors (Lipinski definition) is 8. The predicted octanol–water partition coefficient (Wildman–Crippen LogP) is -1.88. The van der Waals surface area contributed by atoms with Crippen LogP contribution in [0.25, 0.3) is 0 Å².